The summed E-state index contributed by atoms with van der Waals surface area (Å²) in [6.45, 7) is 2.32. The number of benzene rings is 2. The molecule has 0 aliphatic carbocycles. The molecule has 0 aliphatic heterocycles. The lowest BCUT2D eigenvalue weighted by Gasteiger charge is -2.25. The van der Waals surface area contributed by atoms with Crippen molar-refractivity contribution in [1.29, 1.82) is 0 Å². The molecule has 2 aromatic carbocycles. The summed E-state index contributed by atoms with van der Waals surface area (Å²) in [5.41, 5.74) is 3.77. The molecular weight excluding hydrogens is 380 g/mol. The molecule has 0 amide bonds. The first-order valence-corrected chi connectivity index (χ1v) is 9.56. The number of aliphatic hydroxyl groups excluding tert-OH is 1. The van der Waals surface area contributed by atoms with E-state index in [1.54, 1.807) is 25.6 Å². The fourth-order valence-electron chi connectivity index (χ4n) is 3.47. The number of hydrogen-bond donors (Lipinski definition) is 1. The van der Waals surface area contributed by atoms with Crippen molar-refractivity contribution in [3.05, 3.63) is 83.2 Å². The van der Waals surface area contributed by atoms with E-state index in [1.165, 1.54) is 10.9 Å². The molecule has 0 spiro atoms. The second-order valence-corrected chi connectivity index (χ2v) is 6.92. The second-order valence-electron chi connectivity index (χ2n) is 6.92. The Hall–Kier alpha value is -3.71. The summed E-state index contributed by atoms with van der Waals surface area (Å²) >= 11 is 0. The van der Waals surface area contributed by atoms with Crippen molar-refractivity contribution >= 4 is 22.3 Å². The molecule has 152 valence electrons. The van der Waals surface area contributed by atoms with Gasteiger partial charge in [-0.15, -0.1) is 0 Å². The van der Waals surface area contributed by atoms with E-state index < -0.39 is 0 Å². The normalized spacial score (nSPS) is 10.9. The molecule has 7 heteroatoms. The molecule has 0 saturated carbocycles. The van der Waals surface area contributed by atoms with Crippen LogP contribution in [0, 0.1) is 6.92 Å². The van der Waals surface area contributed by atoms with Crippen LogP contribution in [0.15, 0.2) is 72.0 Å². The predicted molar refractivity (Wildman–Crippen MR) is 117 cm³/mol. The maximum absolute atomic E-state index is 13.2. The van der Waals surface area contributed by atoms with Gasteiger partial charge in [-0.2, -0.15) is 0 Å². The van der Waals surface area contributed by atoms with Crippen molar-refractivity contribution < 1.29 is 9.84 Å². The van der Waals surface area contributed by atoms with Gasteiger partial charge in [-0.05, 0) is 55.0 Å². The molecule has 0 fully saturated rings. The van der Waals surface area contributed by atoms with Crippen LogP contribution in [-0.2, 0) is 0 Å². The van der Waals surface area contributed by atoms with Crippen molar-refractivity contribution in [3.8, 4) is 11.4 Å². The number of pyridine rings is 1. The van der Waals surface area contributed by atoms with Crippen LogP contribution >= 0.6 is 0 Å². The maximum Gasteiger partial charge on any atom is 0.265 e. The van der Waals surface area contributed by atoms with Gasteiger partial charge in [-0.3, -0.25) is 14.3 Å². The van der Waals surface area contributed by atoms with Crippen molar-refractivity contribution in [2.75, 3.05) is 25.2 Å². The largest absolute Gasteiger partial charge is 0.497 e. The van der Waals surface area contributed by atoms with Crippen LogP contribution < -0.4 is 15.2 Å². The first-order valence-electron chi connectivity index (χ1n) is 9.56. The number of anilines is 2. The average molecular weight is 402 g/mol. The Labute approximate surface area is 173 Å². The highest BCUT2D eigenvalue weighted by atomic mass is 16.5. The lowest BCUT2D eigenvalue weighted by Crippen LogP contribution is -2.23. The zero-order chi connectivity index (χ0) is 21.1. The van der Waals surface area contributed by atoms with Crippen LogP contribution in [0.25, 0.3) is 16.6 Å². The third-order valence-corrected chi connectivity index (χ3v) is 4.88. The highest BCUT2D eigenvalue weighted by Crippen LogP contribution is 2.30. The zero-order valence-electron chi connectivity index (χ0n) is 16.8. The van der Waals surface area contributed by atoms with Gasteiger partial charge >= 0.3 is 0 Å². The molecule has 1 N–H and O–H groups in total. The van der Waals surface area contributed by atoms with Crippen molar-refractivity contribution in [3.63, 3.8) is 0 Å². The summed E-state index contributed by atoms with van der Waals surface area (Å²) in [5, 5.41) is 10.1. The summed E-state index contributed by atoms with van der Waals surface area (Å²) in [4.78, 5) is 23.6. The molecule has 4 rings (SSSR count). The van der Waals surface area contributed by atoms with Gasteiger partial charge in [-0.25, -0.2) is 4.98 Å². The number of rotatable bonds is 6. The second kappa shape index (κ2) is 8.34. The van der Waals surface area contributed by atoms with Crippen molar-refractivity contribution in [1.82, 2.24) is 14.5 Å². The predicted octanol–water partition coefficient (Wildman–Crippen LogP) is 3.23. The number of aryl methyl sites for hydroxylation is 1. The Morgan fingerprint density at radius 2 is 2.00 bits per heavy atom. The van der Waals surface area contributed by atoms with Crippen LogP contribution in [0.4, 0.5) is 11.4 Å². The molecule has 2 heterocycles. The number of ether oxygens (including phenoxy) is 1. The summed E-state index contributed by atoms with van der Waals surface area (Å²) < 4.78 is 6.87. The molecule has 2 aromatic heterocycles. The number of hydrogen-bond acceptors (Lipinski definition) is 6. The number of methoxy groups -OCH3 is 1. The molecule has 7 nitrogen and oxygen atoms in total. The lowest BCUT2D eigenvalue weighted by atomic mass is 10.1. The highest BCUT2D eigenvalue weighted by molar-refractivity contribution is 5.83. The molecular formula is C23H22N4O3. The van der Waals surface area contributed by atoms with E-state index in [0.717, 1.165) is 22.7 Å². The number of aromatic nitrogens is 3. The summed E-state index contributed by atoms with van der Waals surface area (Å²) in [6.07, 6.45) is 4.79. The fraction of sp³-hybridized carbons (Fsp3) is 0.174. The molecule has 0 unspecified atom stereocenters. The van der Waals surface area contributed by atoms with E-state index in [4.69, 9.17) is 4.74 Å². The van der Waals surface area contributed by atoms with Gasteiger partial charge in [0.15, 0.2) is 0 Å². The molecule has 0 aliphatic rings. The first-order chi connectivity index (χ1) is 14.6. The van der Waals surface area contributed by atoms with Gasteiger partial charge < -0.3 is 14.7 Å². The minimum absolute atomic E-state index is 0.0404. The number of fused-ring (bicyclic) bond motifs is 1. The average Bonchev–Trinajstić information content (AvgIpc) is 2.78. The van der Waals surface area contributed by atoms with Gasteiger partial charge in [0.05, 0.1) is 36.5 Å². The smallest absolute Gasteiger partial charge is 0.265 e. The SMILES string of the molecule is COc1cc(C)cc(N(CCO)c2ccc3ncn(-c4cccnc4)c(=O)c3c2)c1. The van der Waals surface area contributed by atoms with Crippen LogP contribution in [0.2, 0.25) is 0 Å². The highest BCUT2D eigenvalue weighted by Gasteiger charge is 2.14. The molecule has 0 saturated heterocycles. The Bertz CT molecular complexity index is 1240. The molecule has 4 aromatic rings. The van der Waals surface area contributed by atoms with Gasteiger partial charge in [0, 0.05) is 30.2 Å². The van der Waals surface area contributed by atoms with Crippen LogP contribution in [0.5, 0.6) is 5.75 Å². The minimum atomic E-state index is -0.180. The minimum Gasteiger partial charge on any atom is -0.497 e. The van der Waals surface area contributed by atoms with Crippen molar-refractivity contribution in [2.24, 2.45) is 0 Å². The zero-order valence-corrected chi connectivity index (χ0v) is 16.8. The monoisotopic (exact) mass is 402 g/mol. The van der Waals surface area contributed by atoms with Crippen LogP contribution in [0.3, 0.4) is 0 Å². The van der Waals surface area contributed by atoms with E-state index in [1.807, 2.05) is 54.3 Å². The van der Waals surface area contributed by atoms with E-state index >= 15 is 0 Å². The van der Waals surface area contributed by atoms with E-state index in [2.05, 4.69) is 9.97 Å². The Morgan fingerprint density at radius 3 is 2.73 bits per heavy atom. The van der Waals surface area contributed by atoms with Crippen LogP contribution in [0.1, 0.15) is 5.56 Å². The number of nitrogens with zero attached hydrogens (tertiary/aromatic N) is 4. The Morgan fingerprint density at radius 1 is 1.13 bits per heavy atom. The quantitative estimate of drug-likeness (QED) is 0.533. The summed E-state index contributed by atoms with van der Waals surface area (Å²) in [7, 11) is 1.62. The Balaban J connectivity index is 1.85. The molecule has 0 radical (unpaired) electrons. The Kier molecular flexibility index (Phi) is 5.45. The van der Waals surface area contributed by atoms with Gasteiger partial charge in [0.25, 0.3) is 5.56 Å². The van der Waals surface area contributed by atoms with E-state index in [9.17, 15) is 9.90 Å². The van der Waals surface area contributed by atoms with Gasteiger partial charge in [-0.1, -0.05) is 0 Å². The topological polar surface area (TPSA) is 80.5 Å². The molecule has 0 bridgehead atoms. The summed E-state index contributed by atoms with van der Waals surface area (Å²) in [5.74, 6) is 0.731. The summed E-state index contributed by atoms with van der Waals surface area (Å²) in [6, 6.07) is 15.0. The first kappa shape index (κ1) is 19.6. The van der Waals surface area contributed by atoms with Crippen molar-refractivity contribution in [2.45, 2.75) is 6.92 Å². The third kappa shape index (κ3) is 3.75. The van der Waals surface area contributed by atoms with E-state index in [-0.39, 0.29) is 12.2 Å². The van der Waals surface area contributed by atoms with Gasteiger partial charge in [0.2, 0.25) is 0 Å². The van der Waals surface area contributed by atoms with Gasteiger partial charge in [0.1, 0.15) is 12.1 Å². The molecule has 0 atom stereocenters. The third-order valence-electron chi connectivity index (χ3n) is 4.88. The van der Waals surface area contributed by atoms with E-state index in [0.29, 0.717) is 23.1 Å². The molecule has 30 heavy (non-hydrogen) atoms. The number of aliphatic hydroxyl groups is 1. The maximum atomic E-state index is 13.2. The lowest BCUT2D eigenvalue weighted by molar-refractivity contribution is 0.305. The standard InChI is InChI=1S/C23H22N4O3/c1-16-10-19(12-20(11-16)30-2)26(8-9-28)17-5-6-22-21(13-17)23(29)27(15-25-22)18-4-3-7-24-14-18/h3-7,10-15,28H,8-9H2,1-2H3. The van der Waals surface area contributed by atoms with Crippen LogP contribution in [-0.4, -0.2) is 39.9 Å². The fourth-order valence-corrected chi connectivity index (χ4v) is 3.47.